The molecule has 0 bridgehead atoms. The molecule has 1 aromatic carbocycles. The number of hydrogen-bond donors (Lipinski definition) is 0. The van der Waals surface area contributed by atoms with Crippen molar-refractivity contribution in [2.75, 3.05) is 13.1 Å². The van der Waals surface area contributed by atoms with Gasteiger partial charge >= 0.3 is 0 Å². The first-order chi connectivity index (χ1) is 9.98. The second-order valence-electron chi connectivity index (χ2n) is 5.54. The van der Waals surface area contributed by atoms with Crippen molar-refractivity contribution in [3.8, 4) is 0 Å². The van der Waals surface area contributed by atoms with E-state index in [-0.39, 0.29) is 10.6 Å². The van der Waals surface area contributed by atoms with Gasteiger partial charge in [-0.05, 0) is 36.8 Å². The van der Waals surface area contributed by atoms with E-state index in [1.165, 1.54) is 28.6 Å². The Labute approximate surface area is 123 Å². The van der Waals surface area contributed by atoms with E-state index in [9.17, 15) is 18.5 Å². The Morgan fingerprint density at radius 3 is 2.05 bits per heavy atom. The van der Waals surface area contributed by atoms with Gasteiger partial charge in [0.25, 0.3) is 5.69 Å². The van der Waals surface area contributed by atoms with Crippen molar-refractivity contribution in [3.05, 3.63) is 46.5 Å². The van der Waals surface area contributed by atoms with Gasteiger partial charge in [0.05, 0.1) is 9.82 Å². The lowest BCUT2D eigenvalue weighted by atomic mass is 9.86. The number of allylic oxidation sites excluding steroid dienone is 2. The zero-order chi connectivity index (χ0) is 15.0. The molecule has 1 aliphatic carbocycles. The summed E-state index contributed by atoms with van der Waals surface area (Å²) in [4.78, 5) is 10.2. The standard InChI is InChI=1S/C14H16N2O4S/c17-16(18)13-5-7-14(8-6-13)21(19,20)15-9-11-3-1-2-4-12(11)10-15/h1-2,5-8,11-12H,3-4,9-10H2. The highest BCUT2D eigenvalue weighted by Gasteiger charge is 2.39. The van der Waals surface area contributed by atoms with Gasteiger partial charge in [-0.15, -0.1) is 0 Å². The Bertz CT molecular complexity index is 665. The van der Waals surface area contributed by atoms with Crippen LogP contribution in [0.1, 0.15) is 12.8 Å². The molecule has 7 heteroatoms. The van der Waals surface area contributed by atoms with Gasteiger partial charge in [-0.3, -0.25) is 10.1 Å². The molecule has 2 aliphatic rings. The summed E-state index contributed by atoms with van der Waals surface area (Å²) in [5.41, 5.74) is -0.103. The molecule has 0 spiro atoms. The van der Waals surface area contributed by atoms with Gasteiger partial charge in [0.1, 0.15) is 0 Å². The second kappa shape index (κ2) is 5.23. The van der Waals surface area contributed by atoms with Gasteiger partial charge < -0.3 is 0 Å². The average Bonchev–Trinajstić information content (AvgIpc) is 2.92. The van der Waals surface area contributed by atoms with Gasteiger partial charge in [-0.2, -0.15) is 4.31 Å². The fourth-order valence-corrected chi connectivity index (χ4v) is 4.61. The highest BCUT2D eigenvalue weighted by Crippen LogP contribution is 2.35. The third-order valence-electron chi connectivity index (χ3n) is 4.27. The maximum Gasteiger partial charge on any atom is 0.269 e. The normalized spacial score (nSPS) is 25.7. The first-order valence-electron chi connectivity index (χ1n) is 6.88. The smallest absolute Gasteiger partial charge is 0.258 e. The zero-order valence-electron chi connectivity index (χ0n) is 11.4. The van der Waals surface area contributed by atoms with Crippen LogP contribution >= 0.6 is 0 Å². The number of nitrogens with zero attached hydrogens (tertiary/aromatic N) is 2. The topological polar surface area (TPSA) is 80.5 Å². The van der Waals surface area contributed by atoms with Crippen LogP contribution in [-0.2, 0) is 10.0 Å². The quantitative estimate of drug-likeness (QED) is 0.487. The van der Waals surface area contributed by atoms with Crippen molar-refractivity contribution in [3.63, 3.8) is 0 Å². The van der Waals surface area contributed by atoms with E-state index in [0.29, 0.717) is 24.9 Å². The number of hydrogen-bond acceptors (Lipinski definition) is 4. The maximum atomic E-state index is 12.6. The van der Waals surface area contributed by atoms with E-state index in [1.807, 2.05) is 0 Å². The van der Waals surface area contributed by atoms with Gasteiger partial charge in [0.2, 0.25) is 10.0 Å². The fraction of sp³-hybridized carbons (Fsp3) is 0.429. The van der Waals surface area contributed by atoms with Crippen molar-refractivity contribution < 1.29 is 13.3 Å². The summed E-state index contributed by atoms with van der Waals surface area (Å²) in [5.74, 6) is 0.783. The average molecular weight is 308 g/mol. The van der Waals surface area contributed by atoms with Crippen molar-refractivity contribution in [1.29, 1.82) is 0 Å². The molecule has 112 valence electrons. The lowest BCUT2D eigenvalue weighted by Crippen LogP contribution is -2.29. The number of rotatable bonds is 3. The molecular weight excluding hydrogens is 292 g/mol. The molecule has 1 heterocycles. The molecule has 21 heavy (non-hydrogen) atoms. The van der Waals surface area contributed by atoms with Gasteiger partial charge in [0.15, 0.2) is 0 Å². The Morgan fingerprint density at radius 1 is 1.05 bits per heavy atom. The summed E-state index contributed by atoms with van der Waals surface area (Å²) in [6.07, 6.45) is 6.08. The highest BCUT2D eigenvalue weighted by atomic mass is 32.2. The van der Waals surface area contributed by atoms with Gasteiger partial charge in [0, 0.05) is 25.2 Å². The third kappa shape index (κ3) is 2.58. The van der Waals surface area contributed by atoms with Gasteiger partial charge in [-0.1, -0.05) is 12.2 Å². The summed E-state index contributed by atoms with van der Waals surface area (Å²) in [6, 6.07) is 5.09. The molecular formula is C14H16N2O4S. The first-order valence-corrected chi connectivity index (χ1v) is 8.32. The Kier molecular flexibility index (Phi) is 3.54. The summed E-state index contributed by atoms with van der Waals surface area (Å²) >= 11 is 0. The summed E-state index contributed by atoms with van der Waals surface area (Å²) in [6.45, 7) is 1.07. The second-order valence-corrected chi connectivity index (χ2v) is 7.47. The van der Waals surface area contributed by atoms with Crippen molar-refractivity contribution in [2.24, 2.45) is 11.8 Å². The molecule has 1 aliphatic heterocycles. The number of benzene rings is 1. The molecule has 0 saturated carbocycles. The van der Waals surface area contributed by atoms with E-state index in [2.05, 4.69) is 12.2 Å². The van der Waals surface area contributed by atoms with Crippen molar-refractivity contribution in [2.45, 2.75) is 17.7 Å². The Morgan fingerprint density at radius 2 is 1.57 bits per heavy atom. The fourth-order valence-electron chi connectivity index (χ4n) is 3.06. The molecule has 6 nitrogen and oxygen atoms in total. The monoisotopic (exact) mass is 308 g/mol. The lowest BCUT2D eigenvalue weighted by molar-refractivity contribution is -0.384. The first kappa shape index (κ1) is 14.2. The third-order valence-corrected chi connectivity index (χ3v) is 6.12. The summed E-state index contributed by atoms with van der Waals surface area (Å²) < 4.78 is 26.7. The van der Waals surface area contributed by atoms with Crippen molar-refractivity contribution in [1.82, 2.24) is 4.31 Å². The maximum absolute atomic E-state index is 12.6. The van der Waals surface area contributed by atoms with Crippen LogP contribution in [0, 0.1) is 22.0 Å². The number of fused-ring (bicyclic) bond motifs is 1. The SMILES string of the molecule is O=[N+]([O-])c1ccc(S(=O)(=O)N2CC3CC=CCC3C2)cc1. The van der Waals surface area contributed by atoms with E-state index < -0.39 is 14.9 Å². The molecule has 0 aromatic heterocycles. The van der Waals surface area contributed by atoms with E-state index in [1.54, 1.807) is 0 Å². The highest BCUT2D eigenvalue weighted by molar-refractivity contribution is 7.89. The van der Waals surface area contributed by atoms with E-state index >= 15 is 0 Å². The minimum atomic E-state index is -3.56. The van der Waals surface area contributed by atoms with Crippen LogP contribution < -0.4 is 0 Å². The lowest BCUT2D eigenvalue weighted by Gasteiger charge is -2.18. The minimum absolute atomic E-state index is 0.103. The van der Waals surface area contributed by atoms with E-state index in [4.69, 9.17) is 0 Å². The molecule has 2 unspecified atom stereocenters. The van der Waals surface area contributed by atoms with Crippen LogP contribution in [0.3, 0.4) is 0 Å². The molecule has 2 atom stereocenters. The Balaban J connectivity index is 1.82. The molecule has 0 N–H and O–H groups in total. The van der Waals surface area contributed by atoms with Crippen LogP contribution in [0.15, 0.2) is 41.3 Å². The molecule has 1 fully saturated rings. The van der Waals surface area contributed by atoms with E-state index in [0.717, 1.165) is 12.8 Å². The van der Waals surface area contributed by atoms with Crippen LogP contribution in [0.4, 0.5) is 5.69 Å². The number of nitro benzene ring substituents is 1. The summed E-state index contributed by atoms with van der Waals surface area (Å²) in [7, 11) is -3.56. The predicted octanol–water partition coefficient (Wildman–Crippen LogP) is 2.18. The van der Waals surface area contributed by atoms with Crippen molar-refractivity contribution >= 4 is 15.7 Å². The van der Waals surface area contributed by atoms with Crippen LogP contribution in [0.5, 0.6) is 0 Å². The summed E-state index contributed by atoms with van der Waals surface area (Å²) in [5, 5.41) is 10.6. The van der Waals surface area contributed by atoms with Crippen LogP contribution in [-0.4, -0.2) is 30.7 Å². The zero-order valence-corrected chi connectivity index (χ0v) is 12.2. The molecule has 0 radical (unpaired) electrons. The largest absolute Gasteiger partial charge is 0.269 e. The Hall–Kier alpha value is -1.73. The molecule has 1 aromatic rings. The predicted molar refractivity (Wildman–Crippen MR) is 77.2 cm³/mol. The van der Waals surface area contributed by atoms with Crippen LogP contribution in [0.25, 0.3) is 0 Å². The minimum Gasteiger partial charge on any atom is -0.258 e. The number of sulfonamides is 1. The number of non-ortho nitro benzene ring substituents is 1. The number of nitro groups is 1. The molecule has 1 saturated heterocycles. The van der Waals surface area contributed by atoms with Gasteiger partial charge in [-0.25, -0.2) is 8.42 Å². The van der Waals surface area contributed by atoms with Crippen LogP contribution in [0.2, 0.25) is 0 Å². The molecule has 3 rings (SSSR count). The molecule has 0 amide bonds.